The number of hydrogen-bond donors (Lipinski definition) is 3. The first kappa shape index (κ1) is 20.1. The van der Waals surface area contributed by atoms with Crippen LogP contribution < -0.4 is 11.1 Å². The van der Waals surface area contributed by atoms with E-state index in [1.54, 1.807) is 0 Å². The zero-order chi connectivity index (χ0) is 17.0. The van der Waals surface area contributed by atoms with Crippen LogP contribution in [0, 0.1) is 11.3 Å². The molecule has 1 heterocycles. The number of carbonyl (C=O) groups excluding carboxylic acids is 1. The van der Waals surface area contributed by atoms with Gasteiger partial charge in [-0.25, -0.2) is 4.98 Å². The molecule has 24 heavy (non-hydrogen) atoms. The van der Waals surface area contributed by atoms with E-state index in [9.17, 15) is 4.79 Å². The molecule has 0 aliphatic carbocycles. The third kappa shape index (κ3) is 5.04. The molecule has 0 spiro atoms. The van der Waals surface area contributed by atoms with Gasteiger partial charge in [0.15, 0.2) is 5.82 Å². The predicted octanol–water partition coefficient (Wildman–Crippen LogP) is 3.36. The zero-order valence-electron chi connectivity index (χ0n) is 14.6. The number of halogens is 1. The van der Waals surface area contributed by atoms with Crippen molar-refractivity contribution in [2.24, 2.45) is 17.1 Å². The summed E-state index contributed by atoms with van der Waals surface area (Å²) in [5.41, 5.74) is 6.76. The number of nitrogens with two attached hydrogens (primary N) is 1. The largest absolute Gasteiger partial charge is 0.326 e. The van der Waals surface area contributed by atoms with Crippen LogP contribution in [0.2, 0.25) is 0 Å². The second-order valence-corrected chi connectivity index (χ2v) is 6.82. The summed E-state index contributed by atoms with van der Waals surface area (Å²) >= 11 is 0. The lowest BCUT2D eigenvalue weighted by Crippen LogP contribution is -2.32. The molecule has 4 N–H and O–H groups in total. The first-order chi connectivity index (χ1) is 10.8. The average Bonchev–Trinajstić information content (AvgIpc) is 2.95. The predicted molar refractivity (Wildman–Crippen MR) is 98.8 cm³/mol. The molecular formula is C17H26ClN5O. The maximum atomic E-state index is 12.4. The molecule has 0 fully saturated rings. The Bertz CT molecular complexity index is 664. The van der Waals surface area contributed by atoms with Gasteiger partial charge < -0.3 is 11.1 Å². The van der Waals surface area contributed by atoms with Gasteiger partial charge >= 0.3 is 0 Å². The van der Waals surface area contributed by atoms with Crippen LogP contribution in [0.15, 0.2) is 24.3 Å². The summed E-state index contributed by atoms with van der Waals surface area (Å²) in [7, 11) is 0. The molecule has 0 aliphatic rings. The molecule has 1 amide bonds. The molecule has 0 saturated heterocycles. The van der Waals surface area contributed by atoms with Crippen LogP contribution in [-0.2, 0) is 11.3 Å². The summed E-state index contributed by atoms with van der Waals surface area (Å²) in [5.74, 6) is 1.75. The molecule has 2 aromatic rings. The van der Waals surface area contributed by atoms with E-state index in [4.69, 9.17) is 5.73 Å². The van der Waals surface area contributed by atoms with Crippen LogP contribution in [0.5, 0.6) is 0 Å². The molecule has 7 heteroatoms. The van der Waals surface area contributed by atoms with Crippen molar-refractivity contribution in [1.29, 1.82) is 0 Å². The third-order valence-corrected chi connectivity index (χ3v) is 3.66. The van der Waals surface area contributed by atoms with Crippen LogP contribution in [0.4, 0.5) is 5.69 Å². The molecule has 0 aliphatic heterocycles. The number of hydrogen-bond acceptors (Lipinski definition) is 4. The van der Waals surface area contributed by atoms with Crippen molar-refractivity contribution in [3.8, 4) is 11.4 Å². The second-order valence-electron chi connectivity index (χ2n) is 6.82. The minimum absolute atomic E-state index is 0. The Morgan fingerprint density at radius 1 is 1.29 bits per heavy atom. The van der Waals surface area contributed by atoms with E-state index in [0.29, 0.717) is 24.1 Å². The first-order valence-electron chi connectivity index (χ1n) is 7.85. The number of rotatable bonds is 6. The van der Waals surface area contributed by atoms with Crippen molar-refractivity contribution in [1.82, 2.24) is 15.2 Å². The number of nitrogens with one attached hydrogen (secondary N) is 2. The topological polar surface area (TPSA) is 96.7 Å². The second kappa shape index (κ2) is 8.26. The Morgan fingerprint density at radius 3 is 2.42 bits per heavy atom. The van der Waals surface area contributed by atoms with E-state index in [-0.39, 0.29) is 18.3 Å². The fraction of sp³-hybridized carbons (Fsp3) is 0.471. The Hall–Kier alpha value is -1.92. The fourth-order valence-electron chi connectivity index (χ4n) is 2.63. The monoisotopic (exact) mass is 351 g/mol. The van der Waals surface area contributed by atoms with E-state index in [2.05, 4.69) is 34.3 Å². The highest BCUT2D eigenvalue weighted by Gasteiger charge is 2.28. The standard InChI is InChI=1S/C17H25N5O.ClH/c1-11(2)9-17(3,4)16(23)19-13-7-5-12(6-8-13)15-20-14(10-18)21-22-15;/h5-8,11H,9-10,18H2,1-4H3,(H,19,23)(H,20,21,22);1H. The van der Waals surface area contributed by atoms with Gasteiger partial charge in [0.25, 0.3) is 0 Å². The number of benzene rings is 1. The number of nitrogens with zero attached hydrogens (tertiary/aromatic N) is 2. The van der Waals surface area contributed by atoms with Gasteiger partial charge in [0, 0.05) is 16.7 Å². The lowest BCUT2D eigenvalue weighted by Gasteiger charge is -2.25. The van der Waals surface area contributed by atoms with Gasteiger partial charge in [-0.2, -0.15) is 5.10 Å². The average molecular weight is 352 g/mol. The summed E-state index contributed by atoms with van der Waals surface area (Å²) in [5, 5.41) is 9.87. The van der Waals surface area contributed by atoms with Crippen LogP contribution in [-0.4, -0.2) is 21.1 Å². The van der Waals surface area contributed by atoms with E-state index in [1.807, 2.05) is 38.1 Å². The number of H-pyrrole nitrogens is 1. The fourth-order valence-corrected chi connectivity index (χ4v) is 2.63. The van der Waals surface area contributed by atoms with Crippen molar-refractivity contribution < 1.29 is 4.79 Å². The van der Waals surface area contributed by atoms with Crippen molar-refractivity contribution in [3.63, 3.8) is 0 Å². The summed E-state index contributed by atoms with van der Waals surface area (Å²) in [6.45, 7) is 8.51. The van der Waals surface area contributed by atoms with Gasteiger partial charge in [-0.05, 0) is 36.6 Å². The number of amides is 1. The lowest BCUT2D eigenvalue weighted by molar-refractivity contribution is -0.124. The SMILES string of the molecule is CC(C)CC(C)(C)C(=O)Nc1ccc(-c2n[nH]c(CN)n2)cc1.Cl. The minimum Gasteiger partial charge on any atom is -0.326 e. The molecule has 0 atom stereocenters. The molecule has 0 unspecified atom stereocenters. The van der Waals surface area contributed by atoms with Gasteiger partial charge in [-0.1, -0.05) is 27.7 Å². The highest BCUT2D eigenvalue weighted by molar-refractivity contribution is 5.94. The van der Waals surface area contributed by atoms with Gasteiger partial charge in [0.05, 0.1) is 6.54 Å². The molecule has 6 nitrogen and oxygen atoms in total. The van der Waals surface area contributed by atoms with E-state index in [1.165, 1.54) is 0 Å². The van der Waals surface area contributed by atoms with Gasteiger partial charge in [0.2, 0.25) is 5.91 Å². The van der Waals surface area contributed by atoms with Crippen molar-refractivity contribution >= 4 is 24.0 Å². The van der Waals surface area contributed by atoms with Gasteiger partial charge in [0.1, 0.15) is 5.82 Å². The Labute approximate surface area is 149 Å². The highest BCUT2D eigenvalue weighted by atomic mass is 35.5. The minimum atomic E-state index is -0.396. The molecule has 1 aromatic heterocycles. The normalized spacial score (nSPS) is 11.2. The smallest absolute Gasteiger partial charge is 0.230 e. The van der Waals surface area contributed by atoms with Crippen LogP contribution in [0.3, 0.4) is 0 Å². The molecule has 0 radical (unpaired) electrons. The molecule has 2 rings (SSSR count). The number of aromatic nitrogens is 3. The zero-order valence-corrected chi connectivity index (χ0v) is 15.4. The van der Waals surface area contributed by atoms with Crippen LogP contribution in [0.1, 0.15) is 39.9 Å². The lowest BCUT2D eigenvalue weighted by atomic mass is 9.83. The van der Waals surface area contributed by atoms with Crippen molar-refractivity contribution in [2.75, 3.05) is 5.32 Å². The summed E-state index contributed by atoms with van der Waals surface area (Å²) in [4.78, 5) is 16.7. The van der Waals surface area contributed by atoms with E-state index >= 15 is 0 Å². The summed E-state index contributed by atoms with van der Waals surface area (Å²) in [6.07, 6.45) is 0.843. The highest BCUT2D eigenvalue weighted by Crippen LogP contribution is 2.27. The van der Waals surface area contributed by atoms with Crippen LogP contribution >= 0.6 is 12.4 Å². The molecule has 132 valence electrons. The van der Waals surface area contributed by atoms with E-state index < -0.39 is 5.41 Å². The van der Waals surface area contributed by atoms with Gasteiger partial charge in [-0.3, -0.25) is 9.89 Å². The van der Waals surface area contributed by atoms with Crippen LogP contribution in [0.25, 0.3) is 11.4 Å². The Balaban J connectivity index is 0.00000288. The third-order valence-electron chi connectivity index (χ3n) is 3.66. The van der Waals surface area contributed by atoms with Crippen molar-refractivity contribution in [3.05, 3.63) is 30.1 Å². The number of aromatic amines is 1. The summed E-state index contributed by atoms with van der Waals surface area (Å²) in [6, 6.07) is 7.48. The quantitative estimate of drug-likeness (QED) is 0.743. The molecule has 0 saturated carbocycles. The number of anilines is 1. The Kier molecular flexibility index (Phi) is 6.93. The first-order valence-corrected chi connectivity index (χ1v) is 7.85. The van der Waals surface area contributed by atoms with Gasteiger partial charge in [-0.15, -0.1) is 12.4 Å². The van der Waals surface area contributed by atoms with Crippen molar-refractivity contribution in [2.45, 2.75) is 40.7 Å². The molecule has 0 bridgehead atoms. The maximum Gasteiger partial charge on any atom is 0.230 e. The maximum absolute atomic E-state index is 12.4. The molecular weight excluding hydrogens is 326 g/mol. The number of carbonyl (C=O) groups is 1. The Morgan fingerprint density at radius 2 is 1.92 bits per heavy atom. The summed E-state index contributed by atoms with van der Waals surface area (Å²) < 4.78 is 0. The molecule has 1 aromatic carbocycles. The van der Waals surface area contributed by atoms with E-state index in [0.717, 1.165) is 17.7 Å².